The zero-order chi connectivity index (χ0) is 10.4. The molecule has 1 fully saturated rings. The van der Waals surface area contributed by atoms with Crippen molar-refractivity contribution in [2.45, 2.75) is 40.0 Å². The first-order chi connectivity index (χ1) is 6.72. The summed E-state index contributed by atoms with van der Waals surface area (Å²) >= 11 is 0. The van der Waals surface area contributed by atoms with E-state index in [0.717, 1.165) is 12.5 Å². The summed E-state index contributed by atoms with van der Waals surface area (Å²) in [5.74, 6) is 8.04. The Morgan fingerprint density at radius 1 is 1.50 bits per heavy atom. The molecule has 0 amide bonds. The highest BCUT2D eigenvalue weighted by atomic mass is 15.1. The standard InChI is InChI=1S/C13H23N/c1-4-12(2)7-5-9-14-10-6-8-13(3)11-14/h12-13H,4,6,8-11H2,1-3H3/t12?,13-/m1/s1. The van der Waals surface area contributed by atoms with Gasteiger partial charge in [0.25, 0.3) is 0 Å². The van der Waals surface area contributed by atoms with Crippen molar-refractivity contribution < 1.29 is 0 Å². The van der Waals surface area contributed by atoms with Crippen molar-refractivity contribution in [1.82, 2.24) is 4.90 Å². The average Bonchev–Trinajstić information content (AvgIpc) is 2.17. The van der Waals surface area contributed by atoms with Crippen LogP contribution in [0.15, 0.2) is 0 Å². The van der Waals surface area contributed by atoms with E-state index in [1.54, 1.807) is 0 Å². The molecule has 1 heteroatoms. The van der Waals surface area contributed by atoms with E-state index >= 15 is 0 Å². The third kappa shape index (κ3) is 4.15. The lowest BCUT2D eigenvalue weighted by Gasteiger charge is -2.29. The van der Waals surface area contributed by atoms with Crippen LogP contribution in [0.3, 0.4) is 0 Å². The first-order valence-electron chi connectivity index (χ1n) is 5.93. The predicted molar refractivity (Wildman–Crippen MR) is 62.1 cm³/mol. The Kier molecular flexibility index (Phi) is 5.04. The molecular formula is C13H23N. The van der Waals surface area contributed by atoms with Gasteiger partial charge in [0.1, 0.15) is 0 Å². The van der Waals surface area contributed by atoms with Crippen molar-refractivity contribution >= 4 is 0 Å². The van der Waals surface area contributed by atoms with E-state index in [4.69, 9.17) is 0 Å². The number of piperidine rings is 1. The zero-order valence-electron chi connectivity index (χ0n) is 9.84. The molecule has 0 bridgehead atoms. The third-order valence-corrected chi connectivity index (χ3v) is 3.00. The van der Waals surface area contributed by atoms with Crippen LogP contribution in [-0.4, -0.2) is 24.5 Å². The molecule has 0 aromatic carbocycles. The Morgan fingerprint density at radius 2 is 2.29 bits per heavy atom. The number of nitrogens with zero attached hydrogens (tertiary/aromatic N) is 1. The fourth-order valence-electron chi connectivity index (χ4n) is 1.86. The van der Waals surface area contributed by atoms with E-state index in [1.807, 2.05) is 0 Å². The van der Waals surface area contributed by atoms with Crippen LogP contribution in [0.2, 0.25) is 0 Å². The van der Waals surface area contributed by atoms with Crippen molar-refractivity contribution in [2.24, 2.45) is 11.8 Å². The highest BCUT2D eigenvalue weighted by molar-refractivity contribution is 5.04. The fraction of sp³-hybridized carbons (Fsp3) is 0.846. The minimum Gasteiger partial charge on any atom is -0.292 e. The lowest BCUT2D eigenvalue weighted by atomic mass is 10.0. The van der Waals surface area contributed by atoms with E-state index < -0.39 is 0 Å². The van der Waals surface area contributed by atoms with Crippen molar-refractivity contribution in [3.05, 3.63) is 0 Å². The van der Waals surface area contributed by atoms with Crippen LogP contribution in [0, 0.1) is 23.7 Å². The Balaban J connectivity index is 2.25. The monoisotopic (exact) mass is 193 g/mol. The lowest BCUT2D eigenvalue weighted by molar-refractivity contribution is 0.204. The van der Waals surface area contributed by atoms with Gasteiger partial charge in [-0.05, 0) is 31.7 Å². The molecule has 0 aromatic heterocycles. The second-order valence-electron chi connectivity index (χ2n) is 4.61. The molecule has 0 aromatic rings. The van der Waals surface area contributed by atoms with Gasteiger partial charge in [-0.15, -0.1) is 0 Å². The number of hydrogen-bond donors (Lipinski definition) is 0. The van der Waals surface area contributed by atoms with Crippen molar-refractivity contribution in [1.29, 1.82) is 0 Å². The largest absolute Gasteiger partial charge is 0.292 e. The topological polar surface area (TPSA) is 3.24 Å². The van der Waals surface area contributed by atoms with Crippen LogP contribution in [-0.2, 0) is 0 Å². The summed E-state index contributed by atoms with van der Waals surface area (Å²) in [6, 6.07) is 0. The maximum Gasteiger partial charge on any atom is 0.0601 e. The summed E-state index contributed by atoms with van der Waals surface area (Å²) in [7, 11) is 0. The van der Waals surface area contributed by atoms with Gasteiger partial charge in [0.15, 0.2) is 0 Å². The van der Waals surface area contributed by atoms with E-state index in [2.05, 4.69) is 37.5 Å². The molecule has 14 heavy (non-hydrogen) atoms. The van der Waals surface area contributed by atoms with Crippen LogP contribution in [0.25, 0.3) is 0 Å². The van der Waals surface area contributed by atoms with Crippen LogP contribution in [0.5, 0.6) is 0 Å². The lowest BCUT2D eigenvalue weighted by Crippen LogP contribution is -2.34. The van der Waals surface area contributed by atoms with Crippen molar-refractivity contribution in [3.8, 4) is 11.8 Å². The summed E-state index contributed by atoms with van der Waals surface area (Å²) in [6.45, 7) is 10.2. The molecule has 1 heterocycles. The van der Waals surface area contributed by atoms with Gasteiger partial charge >= 0.3 is 0 Å². The number of likely N-dealkylation sites (tertiary alicyclic amines) is 1. The molecule has 1 nitrogen and oxygen atoms in total. The summed E-state index contributed by atoms with van der Waals surface area (Å²) in [5, 5.41) is 0. The molecule has 0 saturated carbocycles. The van der Waals surface area contributed by atoms with Gasteiger partial charge in [-0.2, -0.15) is 0 Å². The SMILES string of the molecule is CCC(C)C#CCN1CCC[C@@H](C)C1. The van der Waals surface area contributed by atoms with Crippen molar-refractivity contribution in [3.63, 3.8) is 0 Å². The second kappa shape index (κ2) is 6.09. The molecule has 1 unspecified atom stereocenters. The minimum absolute atomic E-state index is 0.567. The van der Waals surface area contributed by atoms with Gasteiger partial charge in [-0.25, -0.2) is 0 Å². The first-order valence-corrected chi connectivity index (χ1v) is 5.93. The van der Waals surface area contributed by atoms with Crippen molar-refractivity contribution in [2.75, 3.05) is 19.6 Å². The van der Waals surface area contributed by atoms with Crippen LogP contribution < -0.4 is 0 Å². The average molecular weight is 193 g/mol. The quantitative estimate of drug-likeness (QED) is 0.610. The maximum absolute atomic E-state index is 3.30. The fourth-order valence-corrected chi connectivity index (χ4v) is 1.86. The summed E-state index contributed by atoms with van der Waals surface area (Å²) in [4.78, 5) is 2.49. The zero-order valence-corrected chi connectivity index (χ0v) is 9.84. The van der Waals surface area contributed by atoms with Gasteiger partial charge in [0.2, 0.25) is 0 Å². The van der Waals surface area contributed by atoms with Gasteiger partial charge in [-0.3, -0.25) is 4.90 Å². The molecular weight excluding hydrogens is 170 g/mol. The van der Waals surface area contributed by atoms with Crippen LogP contribution >= 0.6 is 0 Å². The molecule has 1 aliphatic heterocycles. The van der Waals surface area contributed by atoms with E-state index in [0.29, 0.717) is 5.92 Å². The van der Waals surface area contributed by atoms with Crippen LogP contribution in [0.1, 0.15) is 40.0 Å². The summed E-state index contributed by atoms with van der Waals surface area (Å²) in [5.41, 5.74) is 0. The molecule has 1 aliphatic rings. The molecule has 0 spiro atoms. The third-order valence-electron chi connectivity index (χ3n) is 3.00. The van der Waals surface area contributed by atoms with E-state index in [-0.39, 0.29) is 0 Å². The molecule has 0 N–H and O–H groups in total. The molecule has 80 valence electrons. The molecule has 0 aliphatic carbocycles. The Morgan fingerprint density at radius 3 is 2.93 bits per heavy atom. The molecule has 1 saturated heterocycles. The van der Waals surface area contributed by atoms with E-state index in [1.165, 1.54) is 32.4 Å². The number of hydrogen-bond acceptors (Lipinski definition) is 1. The van der Waals surface area contributed by atoms with E-state index in [9.17, 15) is 0 Å². The smallest absolute Gasteiger partial charge is 0.0601 e. The highest BCUT2D eigenvalue weighted by Gasteiger charge is 2.14. The van der Waals surface area contributed by atoms with Gasteiger partial charge in [0.05, 0.1) is 6.54 Å². The Labute approximate surface area is 88.9 Å². The van der Waals surface area contributed by atoms with Crippen LogP contribution in [0.4, 0.5) is 0 Å². The molecule has 0 radical (unpaired) electrons. The Bertz CT molecular complexity index is 211. The van der Waals surface area contributed by atoms with Gasteiger partial charge < -0.3 is 0 Å². The normalized spacial score (nSPS) is 25.2. The molecule has 1 rings (SSSR count). The second-order valence-corrected chi connectivity index (χ2v) is 4.61. The minimum atomic E-state index is 0.567. The molecule has 2 atom stereocenters. The number of rotatable bonds is 2. The summed E-state index contributed by atoms with van der Waals surface area (Å²) in [6.07, 6.45) is 3.92. The summed E-state index contributed by atoms with van der Waals surface area (Å²) < 4.78 is 0. The Hall–Kier alpha value is -0.480. The maximum atomic E-state index is 3.30. The van der Waals surface area contributed by atoms with Gasteiger partial charge in [-0.1, -0.05) is 32.6 Å². The first kappa shape index (κ1) is 11.6. The van der Waals surface area contributed by atoms with Gasteiger partial charge in [0, 0.05) is 12.5 Å². The predicted octanol–water partition coefficient (Wildman–Crippen LogP) is 2.77. The highest BCUT2D eigenvalue weighted by Crippen LogP contribution is 2.14.